The second-order valence-corrected chi connectivity index (χ2v) is 10.9. The van der Waals surface area contributed by atoms with Crippen molar-refractivity contribution in [2.24, 2.45) is 17.8 Å². The van der Waals surface area contributed by atoms with Crippen LogP contribution in [-0.4, -0.2) is 70.5 Å². The lowest BCUT2D eigenvalue weighted by Gasteiger charge is -2.37. The number of carbonyl (C=O) groups is 2. The molecule has 8 nitrogen and oxygen atoms in total. The molecule has 1 aromatic rings. The number of pyridine rings is 1. The summed E-state index contributed by atoms with van der Waals surface area (Å²) in [7, 11) is 0. The van der Waals surface area contributed by atoms with E-state index < -0.39 is 6.03 Å². The van der Waals surface area contributed by atoms with Gasteiger partial charge in [-0.15, -0.1) is 0 Å². The lowest BCUT2D eigenvalue weighted by molar-refractivity contribution is -0.121. The van der Waals surface area contributed by atoms with Crippen LogP contribution in [0.25, 0.3) is 0 Å². The van der Waals surface area contributed by atoms with Gasteiger partial charge in [0.15, 0.2) is 0 Å². The van der Waals surface area contributed by atoms with Crippen LogP contribution in [0.1, 0.15) is 57.9 Å². The molecule has 3 saturated heterocycles. The summed E-state index contributed by atoms with van der Waals surface area (Å²) < 4.78 is 1.76. The van der Waals surface area contributed by atoms with E-state index in [1.165, 1.54) is 56.6 Å². The van der Waals surface area contributed by atoms with E-state index in [4.69, 9.17) is 0 Å². The molecular weight excluding hydrogens is 430 g/mol. The molecule has 188 valence electrons. The van der Waals surface area contributed by atoms with Gasteiger partial charge >= 0.3 is 6.03 Å². The number of nitrogens with zero attached hydrogens (tertiary/aromatic N) is 4. The van der Waals surface area contributed by atoms with Gasteiger partial charge in [0.1, 0.15) is 0 Å². The average Bonchev–Trinajstić information content (AvgIpc) is 2.80. The molecule has 4 rings (SSSR count). The third-order valence-electron chi connectivity index (χ3n) is 7.66. The Morgan fingerprint density at radius 2 is 1.59 bits per heavy atom. The number of imide groups is 1. The molecular formula is C26H41N5O3. The van der Waals surface area contributed by atoms with Crippen LogP contribution >= 0.6 is 0 Å². The monoisotopic (exact) mass is 471 g/mol. The number of piperidine rings is 2. The lowest BCUT2D eigenvalue weighted by Crippen LogP contribution is -2.49. The van der Waals surface area contributed by atoms with Crippen molar-refractivity contribution < 1.29 is 9.59 Å². The Kier molecular flexibility index (Phi) is 8.42. The van der Waals surface area contributed by atoms with Crippen LogP contribution in [0, 0.1) is 17.8 Å². The van der Waals surface area contributed by atoms with Gasteiger partial charge in [0.25, 0.3) is 5.56 Å². The topological polar surface area (TPSA) is 77.9 Å². The van der Waals surface area contributed by atoms with Gasteiger partial charge in [0.2, 0.25) is 5.91 Å². The number of aromatic nitrogens is 1. The Balaban J connectivity index is 1.23. The maximum absolute atomic E-state index is 13.0. The van der Waals surface area contributed by atoms with E-state index in [1.807, 2.05) is 12.3 Å². The summed E-state index contributed by atoms with van der Waals surface area (Å²) in [6, 6.07) is 3.24. The summed E-state index contributed by atoms with van der Waals surface area (Å²) in [5.74, 6) is 2.18. The van der Waals surface area contributed by atoms with Gasteiger partial charge in [0.05, 0.1) is 13.2 Å². The number of rotatable bonds is 8. The number of urea groups is 1. The predicted molar refractivity (Wildman–Crippen MR) is 132 cm³/mol. The van der Waals surface area contributed by atoms with Gasteiger partial charge in [-0.1, -0.05) is 19.9 Å². The zero-order valence-corrected chi connectivity index (χ0v) is 20.9. The largest absolute Gasteiger partial charge is 0.324 e. The van der Waals surface area contributed by atoms with E-state index in [-0.39, 0.29) is 24.4 Å². The number of nitrogens with one attached hydrogen (secondary N) is 1. The van der Waals surface area contributed by atoms with E-state index in [0.717, 1.165) is 30.8 Å². The van der Waals surface area contributed by atoms with Crippen LogP contribution in [0.5, 0.6) is 0 Å². The molecule has 4 heterocycles. The molecule has 1 aromatic heterocycles. The minimum Gasteiger partial charge on any atom is -0.319 e. The van der Waals surface area contributed by atoms with E-state index in [0.29, 0.717) is 18.8 Å². The molecule has 0 aliphatic carbocycles. The number of hydrogen-bond donors (Lipinski definition) is 1. The molecule has 0 saturated carbocycles. The molecule has 8 heteroatoms. The molecule has 0 radical (unpaired) electrons. The van der Waals surface area contributed by atoms with Crippen molar-refractivity contribution in [2.45, 2.75) is 65.6 Å². The van der Waals surface area contributed by atoms with Gasteiger partial charge in [-0.2, -0.15) is 0 Å². The zero-order valence-electron chi connectivity index (χ0n) is 20.9. The Hall–Kier alpha value is -2.19. The fourth-order valence-corrected chi connectivity index (χ4v) is 5.75. The quantitative estimate of drug-likeness (QED) is 0.631. The Labute approximate surface area is 203 Å². The summed E-state index contributed by atoms with van der Waals surface area (Å²) >= 11 is 0. The third kappa shape index (κ3) is 6.69. The molecule has 0 bridgehead atoms. The first-order chi connectivity index (χ1) is 16.4. The number of likely N-dealkylation sites (tertiary alicyclic amines) is 2. The lowest BCUT2D eigenvalue weighted by atomic mass is 9.83. The first-order valence-corrected chi connectivity index (χ1v) is 13.1. The summed E-state index contributed by atoms with van der Waals surface area (Å²) in [5.41, 5.74) is 0.535. The Morgan fingerprint density at radius 3 is 2.21 bits per heavy atom. The highest BCUT2D eigenvalue weighted by Crippen LogP contribution is 2.30. The van der Waals surface area contributed by atoms with Crippen molar-refractivity contribution in [3.05, 3.63) is 34.2 Å². The Bertz CT molecular complexity index is 898. The molecule has 3 aliphatic heterocycles. The van der Waals surface area contributed by atoms with Gasteiger partial charge in [-0.25, -0.2) is 4.79 Å². The highest BCUT2D eigenvalue weighted by atomic mass is 16.2. The zero-order chi connectivity index (χ0) is 24.1. The van der Waals surface area contributed by atoms with Gasteiger partial charge in [0, 0.05) is 44.4 Å². The normalized spacial score (nSPS) is 21.9. The molecule has 3 fully saturated rings. The maximum Gasteiger partial charge on any atom is 0.324 e. The van der Waals surface area contributed by atoms with Crippen molar-refractivity contribution in [3.63, 3.8) is 0 Å². The van der Waals surface area contributed by atoms with E-state index in [1.54, 1.807) is 10.6 Å². The van der Waals surface area contributed by atoms with E-state index in [9.17, 15) is 14.4 Å². The summed E-state index contributed by atoms with van der Waals surface area (Å²) in [5, 5.41) is 2.32. The van der Waals surface area contributed by atoms with E-state index in [2.05, 4.69) is 29.0 Å². The molecule has 0 spiro atoms. The molecule has 0 unspecified atom stereocenters. The van der Waals surface area contributed by atoms with Crippen molar-refractivity contribution >= 4 is 11.9 Å². The van der Waals surface area contributed by atoms with Gasteiger partial charge in [-0.3, -0.25) is 19.8 Å². The average molecular weight is 472 g/mol. The number of hydrogen-bond acceptors (Lipinski definition) is 5. The molecule has 3 aliphatic rings. The summed E-state index contributed by atoms with van der Waals surface area (Å²) in [4.78, 5) is 42.9. The standard InChI is InChI=1S/C26H41N5O3/c1-20(2)17-28-11-5-21(6-12-28)16-22-7-13-29(14-8-22)19-31-10-3-4-23(25(31)33)18-30-15-9-24(32)27-26(30)34/h3-4,10,20-22H,5-9,11-19H2,1-2H3,(H,27,32,34). The first kappa shape index (κ1) is 24.9. The molecule has 0 atom stereocenters. The van der Waals surface area contributed by atoms with Crippen molar-refractivity contribution in [1.82, 2.24) is 24.6 Å². The predicted octanol–water partition coefficient (Wildman–Crippen LogP) is 2.72. The van der Waals surface area contributed by atoms with Crippen LogP contribution in [0.4, 0.5) is 4.79 Å². The van der Waals surface area contributed by atoms with Crippen LogP contribution < -0.4 is 10.9 Å². The van der Waals surface area contributed by atoms with Crippen molar-refractivity contribution in [2.75, 3.05) is 39.3 Å². The van der Waals surface area contributed by atoms with Gasteiger partial charge in [-0.05, 0) is 69.0 Å². The summed E-state index contributed by atoms with van der Waals surface area (Å²) in [6.45, 7) is 11.6. The van der Waals surface area contributed by atoms with Crippen LogP contribution in [-0.2, 0) is 18.0 Å². The van der Waals surface area contributed by atoms with Crippen molar-refractivity contribution in [1.29, 1.82) is 0 Å². The van der Waals surface area contributed by atoms with E-state index >= 15 is 0 Å². The minimum atomic E-state index is -0.418. The minimum absolute atomic E-state index is 0.0533. The van der Waals surface area contributed by atoms with Crippen LogP contribution in [0.2, 0.25) is 0 Å². The van der Waals surface area contributed by atoms with Crippen LogP contribution in [0.15, 0.2) is 23.1 Å². The van der Waals surface area contributed by atoms with Crippen molar-refractivity contribution in [3.8, 4) is 0 Å². The number of carbonyl (C=O) groups excluding carboxylic acids is 2. The molecule has 34 heavy (non-hydrogen) atoms. The Morgan fingerprint density at radius 1 is 0.941 bits per heavy atom. The highest BCUT2D eigenvalue weighted by Gasteiger charge is 2.27. The second-order valence-electron chi connectivity index (χ2n) is 10.9. The second kappa shape index (κ2) is 11.5. The maximum atomic E-state index is 13.0. The fourth-order valence-electron chi connectivity index (χ4n) is 5.75. The van der Waals surface area contributed by atoms with Gasteiger partial charge < -0.3 is 14.4 Å². The summed E-state index contributed by atoms with van der Waals surface area (Å²) in [6.07, 6.45) is 8.59. The highest BCUT2D eigenvalue weighted by molar-refractivity contribution is 5.96. The smallest absolute Gasteiger partial charge is 0.319 e. The fraction of sp³-hybridized carbons (Fsp3) is 0.731. The molecule has 3 amide bonds. The SMILES string of the molecule is CC(C)CN1CCC(CC2CCN(Cn3cccc(CN4CCC(=O)NC4=O)c3=O)CC2)CC1. The van der Waals surface area contributed by atoms with Crippen LogP contribution in [0.3, 0.4) is 0 Å². The first-order valence-electron chi connectivity index (χ1n) is 13.1. The number of amides is 3. The molecule has 1 N–H and O–H groups in total. The third-order valence-corrected chi connectivity index (χ3v) is 7.66. The molecule has 0 aromatic carbocycles.